The summed E-state index contributed by atoms with van der Waals surface area (Å²) in [6, 6.07) is 5.05. The zero-order valence-corrected chi connectivity index (χ0v) is 9.19. The van der Waals surface area contributed by atoms with Gasteiger partial charge in [0, 0.05) is 24.7 Å². The third-order valence-corrected chi connectivity index (χ3v) is 2.39. The number of nitrogens with zero attached hydrogens (tertiary/aromatic N) is 2. The van der Waals surface area contributed by atoms with Crippen LogP contribution in [0.3, 0.4) is 0 Å². The third-order valence-electron chi connectivity index (χ3n) is 2.39. The van der Waals surface area contributed by atoms with Crippen LogP contribution in [0.15, 0.2) is 47.7 Å². The second kappa shape index (κ2) is 4.64. The van der Waals surface area contributed by atoms with Gasteiger partial charge in [0.05, 0.1) is 12.1 Å². The Labute approximate surface area is 101 Å². The molecule has 6 heteroatoms. The van der Waals surface area contributed by atoms with E-state index in [0.717, 1.165) is 22.9 Å². The molecule has 2 rings (SSSR count). The van der Waals surface area contributed by atoms with Crippen LogP contribution in [0.1, 0.15) is 11.1 Å². The maximum Gasteiger partial charge on any atom is 0.417 e. The molecule has 0 saturated carbocycles. The van der Waals surface area contributed by atoms with E-state index < -0.39 is 17.3 Å². The topological polar surface area (TPSA) is 34.9 Å². The van der Waals surface area contributed by atoms with E-state index in [9.17, 15) is 18.0 Å². The highest BCUT2D eigenvalue weighted by Crippen LogP contribution is 2.28. The van der Waals surface area contributed by atoms with Gasteiger partial charge in [0.25, 0.3) is 5.56 Å². The van der Waals surface area contributed by atoms with Crippen LogP contribution < -0.4 is 5.56 Å². The zero-order chi connectivity index (χ0) is 13.2. The van der Waals surface area contributed by atoms with Crippen LogP contribution in [-0.2, 0) is 12.7 Å². The van der Waals surface area contributed by atoms with Gasteiger partial charge in [0.15, 0.2) is 0 Å². The van der Waals surface area contributed by atoms with Gasteiger partial charge in [-0.15, -0.1) is 0 Å². The number of pyridine rings is 2. The van der Waals surface area contributed by atoms with E-state index in [4.69, 9.17) is 0 Å². The summed E-state index contributed by atoms with van der Waals surface area (Å²) in [4.78, 5) is 15.3. The first kappa shape index (κ1) is 12.3. The highest BCUT2D eigenvalue weighted by atomic mass is 19.4. The molecule has 0 atom stereocenters. The largest absolute Gasteiger partial charge is 0.417 e. The van der Waals surface area contributed by atoms with E-state index in [2.05, 4.69) is 4.98 Å². The number of aromatic nitrogens is 2. The molecule has 2 aromatic rings. The van der Waals surface area contributed by atoms with Crippen LogP contribution in [0.5, 0.6) is 0 Å². The first-order valence-electron chi connectivity index (χ1n) is 5.13. The van der Waals surface area contributed by atoms with Crippen molar-refractivity contribution in [1.29, 1.82) is 0 Å². The number of hydrogen-bond donors (Lipinski definition) is 0. The van der Waals surface area contributed by atoms with Gasteiger partial charge >= 0.3 is 6.18 Å². The van der Waals surface area contributed by atoms with Crippen LogP contribution in [-0.4, -0.2) is 9.55 Å². The smallest absolute Gasteiger partial charge is 0.310 e. The molecule has 0 unspecified atom stereocenters. The number of halogens is 3. The lowest BCUT2D eigenvalue weighted by molar-refractivity contribution is -0.138. The van der Waals surface area contributed by atoms with Crippen molar-refractivity contribution in [3.8, 4) is 0 Å². The summed E-state index contributed by atoms with van der Waals surface area (Å²) in [5.74, 6) is 0. The summed E-state index contributed by atoms with van der Waals surface area (Å²) in [7, 11) is 0. The Hall–Kier alpha value is -2.11. The summed E-state index contributed by atoms with van der Waals surface area (Å²) in [5.41, 5.74) is -0.656. The molecule has 94 valence electrons. The summed E-state index contributed by atoms with van der Waals surface area (Å²) in [6.45, 7) is 0.0661. The lowest BCUT2D eigenvalue weighted by Gasteiger charge is -2.10. The molecule has 0 N–H and O–H groups in total. The average Bonchev–Trinajstić information content (AvgIpc) is 2.32. The molecule has 0 aromatic carbocycles. The Kier molecular flexibility index (Phi) is 3.18. The van der Waals surface area contributed by atoms with Gasteiger partial charge in [-0.3, -0.25) is 9.78 Å². The van der Waals surface area contributed by atoms with Crippen LogP contribution in [0.2, 0.25) is 0 Å². The molecule has 18 heavy (non-hydrogen) atoms. The number of hydrogen-bond acceptors (Lipinski definition) is 2. The lowest BCUT2D eigenvalue weighted by atomic mass is 10.2. The van der Waals surface area contributed by atoms with Crippen molar-refractivity contribution in [3.63, 3.8) is 0 Å². The molecule has 0 radical (unpaired) electrons. The molecule has 0 fully saturated rings. The first-order chi connectivity index (χ1) is 8.47. The van der Waals surface area contributed by atoms with E-state index in [0.29, 0.717) is 5.56 Å². The van der Waals surface area contributed by atoms with Gasteiger partial charge in [-0.1, -0.05) is 6.07 Å². The average molecular weight is 254 g/mol. The molecule has 0 bridgehead atoms. The predicted molar refractivity (Wildman–Crippen MR) is 59.0 cm³/mol. The van der Waals surface area contributed by atoms with Gasteiger partial charge < -0.3 is 4.57 Å². The van der Waals surface area contributed by atoms with E-state index >= 15 is 0 Å². The highest BCUT2D eigenvalue weighted by Gasteiger charge is 2.30. The molecule has 2 heterocycles. The number of alkyl halides is 3. The van der Waals surface area contributed by atoms with Gasteiger partial charge in [-0.25, -0.2) is 0 Å². The van der Waals surface area contributed by atoms with Crippen molar-refractivity contribution in [2.45, 2.75) is 12.7 Å². The fourth-order valence-corrected chi connectivity index (χ4v) is 1.51. The van der Waals surface area contributed by atoms with Crippen molar-refractivity contribution in [3.05, 3.63) is 64.3 Å². The van der Waals surface area contributed by atoms with Crippen LogP contribution in [0.4, 0.5) is 13.2 Å². The SMILES string of the molecule is O=c1ccc(C(F)(F)F)cn1Cc1cccnc1. The molecule has 2 aromatic heterocycles. The predicted octanol–water partition coefficient (Wildman–Crippen LogP) is 2.31. The summed E-state index contributed by atoms with van der Waals surface area (Å²) in [5, 5.41) is 0. The summed E-state index contributed by atoms with van der Waals surface area (Å²) < 4.78 is 38.5. The standard InChI is InChI=1S/C12H9F3N2O/c13-12(14,15)10-3-4-11(18)17(8-10)7-9-2-1-5-16-6-9/h1-6,8H,7H2. The Morgan fingerprint density at radius 2 is 2.00 bits per heavy atom. The molecule has 0 spiro atoms. The molecule has 3 nitrogen and oxygen atoms in total. The van der Waals surface area contributed by atoms with Crippen molar-refractivity contribution >= 4 is 0 Å². The van der Waals surface area contributed by atoms with E-state index in [1.165, 1.54) is 6.20 Å². The second-order valence-corrected chi connectivity index (χ2v) is 3.74. The van der Waals surface area contributed by atoms with E-state index in [1.807, 2.05) is 0 Å². The maximum absolute atomic E-state index is 12.5. The first-order valence-corrected chi connectivity index (χ1v) is 5.13. The Balaban J connectivity index is 2.36. The monoisotopic (exact) mass is 254 g/mol. The zero-order valence-electron chi connectivity index (χ0n) is 9.19. The Morgan fingerprint density at radius 1 is 1.22 bits per heavy atom. The Morgan fingerprint density at radius 3 is 2.61 bits per heavy atom. The minimum absolute atomic E-state index is 0.0661. The maximum atomic E-state index is 12.5. The van der Waals surface area contributed by atoms with Crippen LogP contribution >= 0.6 is 0 Å². The van der Waals surface area contributed by atoms with Crippen molar-refractivity contribution < 1.29 is 13.2 Å². The highest BCUT2D eigenvalue weighted by molar-refractivity contribution is 5.16. The minimum atomic E-state index is -4.45. The molecule has 0 aliphatic carbocycles. The van der Waals surface area contributed by atoms with Gasteiger partial charge in [0.2, 0.25) is 0 Å². The van der Waals surface area contributed by atoms with Crippen LogP contribution in [0.25, 0.3) is 0 Å². The quantitative estimate of drug-likeness (QED) is 0.824. The fourth-order valence-electron chi connectivity index (χ4n) is 1.51. The summed E-state index contributed by atoms with van der Waals surface area (Å²) in [6.07, 6.45) is -0.579. The normalized spacial score (nSPS) is 11.5. The lowest BCUT2D eigenvalue weighted by Crippen LogP contribution is -2.21. The molecule has 0 aliphatic rings. The van der Waals surface area contributed by atoms with E-state index in [1.54, 1.807) is 18.3 Å². The van der Waals surface area contributed by atoms with Gasteiger partial charge in [-0.2, -0.15) is 13.2 Å². The molecular weight excluding hydrogens is 245 g/mol. The molecular formula is C12H9F3N2O. The Bertz CT molecular complexity index is 590. The van der Waals surface area contributed by atoms with Crippen LogP contribution in [0, 0.1) is 0 Å². The third kappa shape index (κ3) is 2.77. The van der Waals surface area contributed by atoms with Crippen molar-refractivity contribution in [2.75, 3.05) is 0 Å². The number of rotatable bonds is 2. The van der Waals surface area contributed by atoms with Crippen molar-refractivity contribution in [1.82, 2.24) is 9.55 Å². The van der Waals surface area contributed by atoms with Gasteiger partial charge in [0.1, 0.15) is 0 Å². The molecule has 0 saturated heterocycles. The second-order valence-electron chi connectivity index (χ2n) is 3.74. The van der Waals surface area contributed by atoms with E-state index in [-0.39, 0.29) is 6.54 Å². The summed E-state index contributed by atoms with van der Waals surface area (Å²) >= 11 is 0. The molecule has 0 aliphatic heterocycles. The van der Waals surface area contributed by atoms with Gasteiger partial charge in [-0.05, 0) is 17.7 Å². The van der Waals surface area contributed by atoms with Crippen molar-refractivity contribution in [2.24, 2.45) is 0 Å². The minimum Gasteiger partial charge on any atom is -0.310 e. The molecule has 0 amide bonds. The fraction of sp³-hybridized carbons (Fsp3) is 0.167.